The van der Waals surface area contributed by atoms with Gasteiger partial charge in [-0.05, 0) is 19.1 Å². The van der Waals surface area contributed by atoms with Gasteiger partial charge in [0.05, 0.1) is 30.1 Å². The molecule has 1 aliphatic rings. The van der Waals surface area contributed by atoms with Crippen molar-refractivity contribution in [1.29, 1.82) is 0 Å². The number of sulfonamides is 1. The summed E-state index contributed by atoms with van der Waals surface area (Å²) in [6, 6.07) is 5.59. The van der Waals surface area contributed by atoms with Crippen molar-refractivity contribution in [3.05, 3.63) is 42.0 Å². The summed E-state index contributed by atoms with van der Waals surface area (Å²) in [5.41, 5.74) is 0.939. The van der Waals surface area contributed by atoms with Gasteiger partial charge in [-0.1, -0.05) is 29.8 Å². The van der Waals surface area contributed by atoms with Crippen LogP contribution in [0.4, 0.5) is 0 Å². The van der Waals surface area contributed by atoms with Crippen LogP contribution in [-0.2, 0) is 19.6 Å². The monoisotopic (exact) mass is 341 g/mol. The van der Waals surface area contributed by atoms with E-state index in [9.17, 15) is 18.3 Å². The van der Waals surface area contributed by atoms with Gasteiger partial charge < -0.3 is 14.9 Å². The lowest BCUT2D eigenvalue weighted by atomic mass is 10.1. The van der Waals surface area contributed by atoms with Crippen LogP contribution in [0.1, 0.15) is 12.0 Å². The molecular formula is C15H19NO6S. The molecule has 0 amide bonds. The maximum atomic E-state index is 12.4. The molecule has 2 rings (SSSR count). The summed E-state index contributed by atoms with van der Waals surface area (Å²) in [5.74, 6) is -1.03. The lowest BCUT2D eigenvalue weighted by molar-refractivity contribution is -0.141. The third-order valence-electron chi connectivity index (χ3n) is 3.46. The molecule has 0 aromatic heterocycles. The van der Waals surface area contributed by atoms with E-state index >= 15 is 0 Å². The van der Waals surface area contributed by atoms with E-state index in [-0.39, 0.29) is 11.3 Å². The van der Waals surface area contributed by atoms with Gasteiger partial charge in [-0.15, -0.1) is 0 Å². The van der Waals surface area contributed by atoms with Gasteiger partial charge in [0.25, 0.3) is 0 Å². The van der Waals surface area contributed by atoms with Crippen molar-refractivity contribution in [1.82, 2.24) is 4.72 Å². The van der Waals surface area contributed by atoms with E-state index in [4.69, 9.17) is 9.84 Å². The number of benzene rings is 1. The topological polar surface area (TPSA) is 113 Å². The SMILES string of the molecule is Cc1ccc(S(=O)(=O)N[C@H]2C=C[C@@H](CC(=O)O)O[C@H]2CO)cc1. The molecule has 7 nitrogen and oxygen atoms in total. The number of aryl methyl sites for hydroxylation is 1. The summed E-state index contributed by atoms with van der Waals surface area (Å²) in [4.78, 5) is 10.8. The largest absolute Gasteiger partial charge is 0.481 e. The molecule has 0 radical (unpaired) electrons. The normalized spacial score (nSPS) is 24.5. The van der Waals surface area contributed by atoms with E-state index in [0.717, 1.165) is 5.56 Å². The van der Waals surface area contributed by atoms with Crippen LogP contribution in [0, 0.1) is 6.92 Å². The lowest BCUT2D eigenvalue weighted by Gasteiger charge is -2.31. The highest BCUT2D eigenvalue weighted by molar-refractivity contribution is 7.89. The molecule has 126 valence electrons. The van der Waals surface area contributed by atoms with Gasteiger partial charge in [0.1, 0.15) is 6.10 Å². The molecule has 1 aliphatic heterocycles. The smallest absolute Gasteiger partial charge is 0.306 e. The fourth-order valence-corrected chi connectivity index (χ4v) is 3.47. The summed E-state index contributed by atoms with van der Waals surface area (Å²) in [6.07, 6.45) is 1.23. The van der Waals surface area contributed by atoms with Crippen molar-refractivity contribution in [2.45, 2.75) is 36.5 Å². The molecule has 8 heteroatoms. The van der Waals surface area contributed by atoms with E-state index in [1.54, 1.807) is 12.1 Å². The molecule has 0 saturated carbocycles. The molecular weight excluding hydrogens is 322 g/mol. The Morgan fingerprint density at radius 3 is 2.48 bits per heavy atom. The second-order valence-electron chi connectivity index (χ2n) is 5.34. The van der Waals surface area contributed by atoms with Gasteiger partial charge in [-0.3, -0.25) is 4.79 Å². The van der Waals surface area contributed by atoms with Crippen LogP contribution < -0.4 is 4.72 Å². The van der Waals surface area contributed by atoms with Crippen LogP contribution in [-0.4, -0.2) is 49.5 Å². The first-order chi connectivity index (χ1) is 10.8. The molecule has 23 heavy (non-hydrogen) atoms. The van der Waals surface area contributed by atoms with Gasteiger partial charge in [-0.2, -0.15) is 0 Å². The fourth-order valence-electron chi connectivity index (χ4n) is 2.25. The van der Waals surface area contributed by atoms with Crippen LogP contribution in [0.25, 0.3) is 0 Å². The summed E-state index contributed by atoms with van der Waals surface area (Å²) in [7, 11) is -3.77. The molecule has 1 aromatic carbocycles. The van der Waals surface area contributed by atoms with Crippen molar-refractivity contribution < 1.29 is 28.2 Å². The number of rotatable bonds is 6. The molecule has 0 unspecified atom stereocenters. The minimum absolute atomic E-state index is 0.112. The molecule has 0 saturated heterocycles. The quantitative estimate of drug-likeness (QED) is 0.647. The first-order valence-corrected chi connectivity index (χ1v) is 8.55. The van der Waals surface area contributed by atoms with E-state index in [2.05, 4.69) is 4.72 Å². The summed E-state index contributed by atoms with van der Waals surface area (Å²) in [6.45, 7) is 1.42. The van der Waals surface area contributed by atoms with Crippen molar-refractivity contribution in [2.75, 3.05) is 6.61 Å². The van der Waals surface area contributed by atoms with Crippen LogP contribution in [0.2, 0.25) is 0 Å². The first kappa shape index (κ1) is 17.6. The Kier molecular flexibility index (Phi) is 5.53. The maximum absolute atomic E-state index is 12.4. The van der Waals surface area contributed by atoms with Crippen molar-refractivity contribution in [3.63, 3.8) is 0 Å². The Labute approximate surface area is 134 Å². The minimum atomic E-state index is -3.77. The van der Waals surface area contributed by atoms with Crippen LogP contribution >= 0.6 is 0 Å². The average molecular weight is 341 g/mol. The Morgan fingerprint density at radius 1 is 1.26 bits per heavy atom. The highest BCUT2D eigenvalue weighted by Crippen LogP contribution is 2.18. The zero-order chi connectivity index (χ0) is 17.0. The summed E-state index contributed by atoms with van der Waals surface area (Å²) >= 11 is 0. The van der Waals surface area contributed by atoms with E-state index in [1.165, 1.54) is 24.3 Å². The second-order valence-corrected chi connectivity index (χ2v) is 7.05. The molecule has 1 heterocycles. The molecule has 0 bridgehead atoms. The number of aliphatic hydroxyl groups is 1. The average Bonchev–Trinajstić information content (AvgIpc) is 2.48. The predicted octanol–water partition coefficient (Wildman–Crippen LogP) is 0.433. The highest BCUT2D eigenvalue weighted by Gasteiger charge is 2.31. The highest BCUT2D eigenvalue weighted by atomic mass is 32.2. The number of aliphatic carboxylic acids is 1. The molecule has 1 aromatic rings. The third-order valence-corrected chi connectivity index (χ3v) is 4.94. The van der Waals surface area contributed by atoms with E-state index < -0.39 is 40.8 Å². The zero-order valence-corrected chi connectivity index (χ0v) is 13.4. The minimum Gasteiger partial charge on any atom is -0.481 e. The predicted molar refractivity (Wildman–Crippen MR) is 82.4 cm³/mol. The van der Waals surface area contributed by atoms with Gasteiger partial charge in [-0.25, -0.2) is 13.1 Å². The summed E-state index contributed by atoms with van der Waals surface area (Å²) in [5, 5.41) is 18.1. The number of hydrogen-bond donors (Lipinski definition) is 3. The fraction of sp³-hybridized carbons (Fsp3) is 0.400. The molecule has 0 fully saturated rings. The molecule has 0 aliphatic carbocycles. The lowest BCUT2D eigenvalue weighted by Crippen LogP contribution is -2.48. The summed E-state index contributed by atoms with van der Waals surface area (Å²) < 4.78 is 32.6. The molecule has 3 atom stereocenters. The second kappa shape index (κ2) is 7.22. The number of aliphatic hydroxyl groups excluding tert-OH is 1. The Hall–Kier alpha value is -1.74. The van der Waals surface area contributed by atoms with Gasteiger partial charge >= 0.3 is 5.97 Å². The van der Waals surface area contributed by atoms with Crippen molar-refractivity contribution in [3.8, 4) is 0 Å². The van der Waals surface area contributed by atoms with Gasteiger partial charge in [0.15, 0.2) is 0 Å². The number of nitrogens with one attached hydrogen (secondary N) is 1. The number of carboxylic acid groups (broad SMARTS) is 1. The van der Waals surface area contributed by atoms with Crippen molar-refractivity contribution >= 4 is 16.0 Å². The molecule has 3 N–H and O–H groups in total. The first-order valence-electron chi connectivity index (χ1n) is 7.07. The number of carboxylic acids is 1. The van der Waals surface area contributed by atoms with E-state index in [1.807, 2.05) is 6.92 Å². The number of hydrogen-bond acceptors (Lipinski definition) is 5. The maximum Gasteiger partial charge on any atom is 0.306 e. The van der Waals surface area contributed by atoms with Gasteiger partial charge in [0, 0.05) is 0 Å². The standard InChI is InChI=1S/C15H19NO6S/c1-10-2-5-12(6-3-10)23(20,21)16-13-7-4-11(8-15(18)19)22-14(13)9-17/h2-7,11,13-14,16-17H,8-9H2,1H3,(H,18,19)/t11-,13-,14-/m0/s1. The van der Waals surface area contributed by atoms with Crippen LogP contribution in [0.3, 0.4) is 0 Å². The van der Waals surface area contributed by atoms with Crippen LogP contribution in [0.15, 0.2) is 41.3 Å². The number of ether oxygens (including phenoxy) is 1. The molecule has 0 spiro atoms. The van der Waals surface area contributed by atoms with Crippen molar-refractivity contribution in [2.24, 2.45) is 0 Å². The third kappa shape index (κ3) is 4.61. The Bertz CT molecular complexity index is 682. The Balaban J connectivity index is 2.14. The van der Waals surface area contributed by atoms with E-state index in [0.29, 0.717) is 0 Å². The Morgan fingerprint density at radius 2 is 1.91 bits per heavy atom. The van der Waals surface area contributed by atoms with Gasteiger partial charge in [0.2, 0.25) is 10.0 Å². The zero-order valence-electron chi connectivity index (χ0n) is 12.5. The van der Waals surface area contributed by atoms with Crippen LogP contribution in [0.5, 0.6) is 0 Å². The number of carbonyl (C=O) groups is 1.